The van der Waals surface area contributed by atoms with Crippen LogP contribution in [-0.4, -0.2) is 28.8 Å². The smallest absolute Gasteiger partial charge is 0.357 e. The Bertz CT molecular complexity index is 346. The Morgan fingerprint density at radius 2 is 2.36 bits per heavy atom. The van der Waals surface area contributed by atoms with Crippen molar-refractivity contribution in [3.8, 4) is 0 Å². The number of thioether (sulfide) groups is 1. The molecule has 6 heteroatoms. The minimum absolute atomic E-state index is 0.0555. The molecule has 0 bridgehead atoms. The van der Waals surface area contributed by atoms with Gasteiger partial charge in [-0.1, -0.05) is 0 Å². The van der Waals surface area contributed by atoms with Crippen LogP contribution < -0.4 is 0 Å². The van der Waals surface area contributed by atoms with Gasteiger partial charge >= 0.3 is 5.97 Å². The van der Waals surface area contributed by atoms with Gasteiger partial charge in [0.2, 0.25) is 5.28 Å². The molecule has 0 aliphatic heterocycles. The molecule has 1 aromatic rings. The maximum Gasteiger partial charge on any atom is 0.357 e. The number of carbonyl (C=O) groups excluding carboxylic acids is 1. The van der Waals surface area contributed by atoms with E-state index < -0.39 is 5.97 Å². The molecule has 0 radical (unpaired) electrons. The van der Waals surface area contributed by atoms with Gasteiger partial charge in [-0.3, -0.25) is 0 Å². The lowest BCUT2D eigenvalue weighted by atomic mass is 10.4. The van der Waals surface area contributed by atoms with E-state index in [9.17, 15) is 4.79 Å². The standard InChI is InChI=1S/C8H9ClN2O2S/c1-3-13-7(12)5-4-6(14-2)11-8(9)10-5/h4H,3H2,1-2H3. The summed E-state index contributed by atoms with van der Waals surface area (Å²) in [7, 11) is 0. The number of hydrogen-bond acceptors (Lipinski definition) is 5. The highest BCUT2D eigenvalue weighted by Crippen LogP contribution is 2.15. The molecule has 1 heterocycles. The topological polar surface area (TPSA) is 52.1 Å². The van der Waals surface area contributed by atoms with Crippen LogP contribution in [0.25, 0.3) is 0 Å². The third kappa shape index (κ3) is 2.85. The largest absolute Gasteiger partial charge is 0.461 e. The zero-order valence-electron chi connectivity index (χ0n) is 7.78. The van der Waals surface area contributed by atoms with Crippen LogP contribution in [-0.2, 0) is 4.74 Å². The molecule has 0 aromatic carbocycles. The summed E-state index contributed by atoms with van der Waals surface area (Å²) >= 11 is 7.02. The average Bonchev–Trinajstić information content (AvgIpc) is 2.17. The van der Waals surface area contributed by atoms with Crippen molar-refractivity contribution >= 4 is 29.3 Å². The Kier molecular flexibility index (Phi) is 4.16. The highest BCUT2D eigenvalue weighted by atomic mass is 35.5. The van der Waals surface area contributed by atoms with Crippen molar-refractivity contribution in [2.45, 2.75) is 11.9 Å². The monoisotopic (exact) mass is 232 g/mol. The van der Waals surface area contributed by atoms with Crippen molar-refractivity contribution in [3.63, 3.8) is 0 Å². The second-order valence-corrected chi connectivity index (χ2v) is 3.45. The molecule has 0 aliphatic rings. The van der Waals surface area contributed by atoms with Gasteiger partial charge in [0.1, 0.15) is 5.03 Å². The first-order valence-corrected chi connectivity index (χ1v) is 5.53. The highest BCUT2D eigenvalue weighted by molar-refractivity contribution is 7.98. The van der Waals surface area contributed by atoms with Gasteiger partial charge in [-0.25, -0.2) is 14.8 Å². The lowest BCUT2D eigenvalue weighted by molar-refractivity contribution is 0.0519. The van der Waals surface area contributed by atoms with Gasteiger partial charge in [-0.05, 0) is 24.8 Å². The van der Waals surface area contributed by atoms with Gasteiger partial charge in [0.25, 0.3) is 0 Å². The van der Waals surface area contributed by atoms with Gasteiger partial charge in [-0.15, -0.1) is 11.8 Å². The predicted octanol–water partition coefficient (Wildman–Crippen LogP) is 2.03. The molecule has 0 atom stereocenters. The van der Waals surface area contributed by atoms with Crippen molar-refractivity contribution in [1.29, 1.82) is 0 Å². The first kappa shape index (κ1) is 11.3. The third-order valence-electron chi connectivity index (χ3n) is 1.37. The molecule has 0 amide bonds. The van der Waals surface area contributed by atoms with Crippen LogP contribution in [0, 0.1) is 0 Å². The first-order valence-electron chi connectivity index (χ1n) is 3.93. The molecule has 0 saturated heterocycles. The summed E-state index contributed by atoms with van der Waals surface area (Å²) in [5, 5.41) is 0.702. The highest BCUT2D eigenvalue weighted by Gasteiger charge is 2.11. The van der Waals surface area contributed by atoms with E-state index in [-0.39, 0.29) is 11.0 Å². The van der Waals surface area contributed by atoms with Crippen molar-refractivity contribution in [2.75, 3.05) is 12.9 Å². The molecule has 0 spiro atoms. The van der Waals surface area contributed by atoms with E-state index in [0.29, 0.717) is 11.6 Å². The van der Waals surface area contributed by atoms with Gasteiger partial charge in [0.15, 0.2) is 5.69 Å². The molecule has 0 unspecified atom stereocenters. The van der Waals surface area contributed by atoms with E-state index in [2.05, 4.69) is 9.97 Å². The molecule has 0 N–H and O–H groups in total. The predicted molar refractivity (Wildman–Crippen MR) is 54.8 cm³/mol. The number of hydrogen-bond donors (Lipinski definition) is 0. The molecule has 4 nitrogen and oxygen atoms in total. The molecule has 1 aromatic heterocycles. The van der Waals surface area contributed by atoms with Crippen LogP contribution in [0.3, 0.4) is 0 Å². The number of nitrogens with zero attached hydrogens (tertiary/aromatic N) is 2. The molecule has 76 valence electrons. The Morgan fingerprint density at radius 1 is 1.64 bits per heavy atom. The fraction of sp³-hybridized carbons (Fsp3) is 0.375. The molecule has 1 rings (SSSR count). The summed E-state index contributed by atoms with van der Waals surface area (Å²) in [5.41, 5.74) is 0.191. The van der Waals surface area contributed by atoms with E-state index in [1.807, 2.05) is 6.26 Å². The zero-order chi connectivity index (χ0) is 10.6. The van der Waals surface area contributed by atoms with E-state index in [1.54, 1.807) is 13.0 Å². The number of halogens is 1. The van der Waals surface area contributed by atoms with Crippen LogP contribution in [0.5, 0.6) is 0 Å². The Labute approximate surface area is 91.0 Å². The number of rotatable bonds is 3. The van der Waals surface area contributed by atoms with Crippen LogP contribution in [0.4, 0.5) is 0 Å². The second-order valence-electron chi connectivity index (χ2n) is 2.29. The normalized spacial score (nSPS) is 9.93. The average molecular weight is 233 g/mol. The lowest BCUT2D eigenvalue weighted by Crippen LogP contribution is -2.08. The maximum atomic E-state index is 11.3. The molecular formula is C8H9ClN2O2S. The van der Waals surface area contributed by atoms with E-state index in [1.165, 1.54) is 11.8 Å². The van der Waals surface area contributed by atoms with Gasteiger partial charge in [-0.2, -0.15) is 0 Å². The van der Waals surface area contributed by atoms with E-state index >= 15 is 0 Å². The van der Waals surface area contributed by atoms with E-state index in [0.717, 1.165) is 0 Å². The minimum Gasteiger partial charge on any atom is -0.461 e. The number of carbonyl (C=O) groups is 1. The first-order chi connectivity index (χ1) is 6.67. The molecule has 0 aliphatic carbocycles. The second kappa shape index (κ2) is 5.17. The maximum absolute atomic E-state index is 11.3. The summed E-state index contributed by atoms with van der Waals surface area (Å²) in [4.78, 5) is 19.0. The van der Waals surface area contributed by atoms with Crippen LogP contribution in [0.2, 0.25) is 5.28 Å². The fourth-order valence-corrected chi connectivity index (χ4v) is 1.45. The van der Waals surface area contributed by atoms with Gasteiger partial charge in [0.05, 0.1) is 6.61 Å². The van der Waals surface area contributed by atoms with Crippen LogP contribution >= 0.6 is 23.4 Å². The summed E-state index contributed by atoms with van der Waals surface area (Å²) in [5.74, 6) is -0.480. The minimum atomic E-state index is -0.480. The van der Waals surface area contributed by atoms with Crippen molar-refractivity contribution in [2.24, 2.45) is 0 Å². The van der Waals surface area contributed by atoms with Crippen LogP contribution in [0.1, 0.15) is 17.4 Å². The van der Waals surface area contributed by atoms with Crippen molar-refractivity contribution in [1.82, 2.24) is 9.97 Å². The third-order valence-corrected chi connectivity index (χ3v) is 2.17. The Balaban J connectivity index is 2.96. The zero-order valence-corrected chi connectivity index (χ0v) is 9.35. The quantitative estimate of drug-likeness (QED) is 0.345. The Morgan fingerprint density at radius 3 is 2.93 bits per heavy atom. The van der Waals surface area contributed by atoms with Gasteiger partial charge < -0.3 is 4.74 Å². The molecule has 14 heavy (non-hydrogen) atoms. The number of ether oxygens (including phenoxy) is 1. The summed E-state index contributed by atoms with van der Waals surface area (Å²) < 4.78 is 4.79. The van der Waals surface area contributed by atoms with Gasteiger partial charge in [0, 0.05) is 6.07 Å². The molecule has 0 saturated carbocycles. The SMILES string of the molecule is CCOC(=O)c1cc(SC)nc(Cl)n1. The summed E-state index contributed by atoms with van der Waals surface area (Å²) in [6.45, 7) is 2.05. The van der Waals surface area contributed by atoms with Crippen molar-refractivity contribution in [3.05, 3.63) is 17.0 Å². The lowest BCUT2D eigenvalue weighted by Gasteiger charge is -2.02. The summed E-state index contributed by atoms with van der Waals surface area (Å²) in [6.07, 6.45) is 1.84. The summed E-state index contributed by atoms with van der Waals surface area (Å²) in [6, 6.07) is 1.55. The Hall–Kier alpha value is -0.810. The van der Waals surface area contributed by atoms with E-state index in [4.69, 9.17) is 16.3 Å². The molecule has 0 fully saturated rings. The van der Waals surface area contributed by atoms with Crippen molar-refractivity contribution < 1.29 is 9.53 Å². The number of aromatic nitrogens is 2. The number of esters is 1. The van der Waals surface area contributed by atoms with Crippen LogP contribution in [0.15, 0.2) is 11.1 Å². The fourth-order valence-electron chi connectivity index (χ4n) is 0.811. The molecular weight excluding hydrogens is 224 g/mol.